The fourth-order valence-electron chi connectivity index (χ4n) is 3.75. The first-order valence-corrected chi connectivity index (χ1v) is 10.1. The lowest BCUT2D eigenvalue weighted by Crippen LogP contribution is -2.29. The van der Waals surface area contributed by atoms with Gasteiger partial charge in [0.1, 0.15) is 16.5 Å². The molecular weight excluding hydrogens is 363 g/mol. The summed E-state index contributed by atoms with van der Waals surface area (Å²) in [4.78, 5) is 32.8. The Balaban J connectivity index is 1.80. The highest BCUT2D eigenvalue weighted by molar-refractivity contribution is 7.18. The van der Waals surface area contributed by atoms with Gasteiger partial charge in [0.05, 0.1) is 11.9 Å². The fraction of sp³-hybridized carbons (Fsp3) is 0.381. The molecule has 0 fully saturated rings. The number of aryl methyl sites for hydroxylation is 4. The van der Waals surface area contributed by atoms with Crippen molar-refractivity contribution < 1.29 is 9.18 Å². The third-order valence-corrected chi connectivity index (χ3v) is 6.34. The molecular formula is C21H21FN2O2S. The second-order valence-electron chi connectivity index (χ2n) is 7.09. The zero-order valence-corrected chi connectivity index (χ0v) is 16.3. The van der Waals surface area contributed by atoms with Crippen LogP contribution in [0.4, 0.5) is 4.39 Å². The highest BCUT2D eigenvalue weighted by Gasteiger charge is 2.24. The lowest BCUT2D eigenvalue weighted by molar-refractivity contribution is 0.0969. The van der Waals surface area contributed by atoms with E-state index in [-0.39, 0.29) is 23.7 Å². The summed E-state index contributed by atoms with van der Waals surface area (Å²) in [5.74, 6) is 0.111. The number of ketones is 1. The molecule has 0 unspecified atom stereocenters. The maximum atomic E-state index is 13.5. The number of benzene rings is 1. The van der Waals surface area contributed by atoms with Crippen LogP contribution in [0.3, 0.4) is 0 Å². The minimum absolute atomic E-state index is 0.0627. The number of hydrogen-bond donors (Lipinski definition) is 0. The fourth-order valence-corrected chi connectivity index (χ4v) is 5.02. The Kier molecular flexibility index (Phi) is 4.68. The van der Waals surface area contributed by atoms with E-state index in [1.165, 1.54) is 27.6 Å². The van der Waals surface area contributed by atoms with Crippen LogP contribution in [0.15, 0.2) is 23.0 Å². The van der Waals surface area contributed by atoms with Crippen LogP contribution >= 0.6 is 11.3 Å². The summed E-state index contributed by atoms with van der Waals surface area (Å²) in [5, 5.41) is 0.690. The van der Waals surface area contributed by atoms with Crippen LogP contribution in [0.25, 0.3) is 10.2 Å². The predicted molar refractivity (Wildman–Crippen MR) is 105 cm³/mol. The van der Waals surface area contributed by atoms with E-state index >= 15 is 0 Å². The Labute approximate surface area is 160 Å². The van der Waals surface area contributed by atoms with E-state index < -0.39 is 0 Å². The minimum atomic E-state index is -0.340. The summed E-state index contributed by atoms with van der Waals surface area (Å²) < 4.78 is 15.0. The van der Waals surface area contributed by atoms with Crippen molar-refractivity contribution in [2.24, 2.45) is 0 Å². The largest absolute Gasteiger partial charge is 0.292 e. The van der Waals surface area contributed by atoms with E-state index in [9.17, 15) is 14.0 Å². The van der Waals surface area contributed by atoms with Crippen molar-refractivity contribution in [1.29, 1.82) is 0 Å². The number of hydrogen-bond acceptors (Lipinski definition) is 4. The molecule has 1 aromatic carbocycles. The number of Topliss-reactive ketones (excluding diaryl/α,β-unsaturated/α-hetero) is 1. The van der Waals surface area contributed by atoms with Gasteiger partial charge < -0.3 is 0 Å². The van der Waals surface area contributed by atoms with E-state index in [1.54, 1.807) is 18.3 Å². The smallest absolute Gasteiger partial charge is 0.262 e. The van der Waals surface area contributed by atoms with Crippen molar-refractivity contribution in [2.75, 3.05) is 0 Å². The van der Waals surface area contributed by atoms with Crippen LogP contribution in [0.2, 0.25) is 0 Å². The van der Waals surface area contributed by atoms with Crippen LogP contribution in [0.5, 0.6) is 0 Å². The van der Waals surface area contributed by atoms with Gasteiger partial charge in [-0.25, -0.2) is 9.37 Å². The quantitative estimate of drug-likeness (QED) is 0.619. The monoisotopic (exact) mass is 384 g/mol. The first-order valence-electron chi connectivity index (χ1n) is 9.33. The second kappa shape index (κ2) is 7.00. The van der Waals surface area contributed by atoms with Crippen LogP contribution in [0.1, 0.15) is 52.0 Å². The highest BCUT2D eigenvalue weighted by Crippen LogP contribution is 2.34. The van der Waals surface area contributed by atoms with Gasteiger partial charge in [0, 0.05) is 16.9 Å². The van der Waals surface area contributed by atoms with E-state index in [4.69, 9.17) is 4.98 Å². The number of fused-ring (bicyclic) bond motifs is 3. The summed E-state index contributed by atoms with van der Waals surface area (Å²) in [7, 11) is 0. The topological polar surface area (TPSA) is 52.0 Å². The standard InChI is InChI=1S/C21H21FN2O2S/c1-3-5-18-23-20-19(14-6-4-7-17(14)27-20)21(26)24(18)11-16(25)13-8-9-15(22)12(2)10-13/h8-10H,3-7,11H2,1-2H3. The van der Waals surface area contributed by atoms with Gasteiger partial charge >= 0.3 is 0 Å². The van der Waals surface area contributed by atoms with Gasteiger partial charge in [-0.3, -0.25) is 14.2 Å². The van der Waals surface area contributed by atoms with E-state index in [2.05, 4.69) is 0 Å². The molecule has 4 nitrogen and oxygen atoms in total. The maximum Gasteiger partial charge on any atom is 0.262 e. The van der Waals surface area contributed by atoms with Gasteiger partial charge in [-0.15, -0.1) is 11.3 Å². The minimum Gasteiger partial charge on any atom is -0.292 e. The highest BCUT2D eigenvalue weighted by atomic mass is 32.1. The van der Waals surface area contributed by atoms with Gasteiger partial charge in [-0.05, 0) is 61.9 Å². The number of rotatable bonds is 5. The van der Waals surface area contributed by atoms with Gasteiger partial charge in [-0.2, -0.15) is 0 Å². The van der Waals surface area contributed by atoms with Crippen LogP contribution in [-0.4, -0.2) is 15.3 Å². The molecule has 140 valence electrons. The van der Waals surface area contributed by atoms with Gasteiger partial charge in [0.15, 0.2) is 5.78 Å². The third kappa shape index (κ3) is 3.12. The normalized spacial score (nSPS) is 13.3. The molecule has 1 aliphatic carbocycles. The van der Waals surface area contributed by atoms with Crippen LogP contribution in [0, 0.1) is 12.7 Å². The molecule has 3 aromatic rings. The second-order valence-corrected chi connectivity index (χ2v) is 8.18. The molecule has 0 radical (unpaired) electrons. The Morgan fingerprint density at radius 3 is 2.89 bits per heavy atom. The van der Waals surface area contributed by atoms with Crippen molar-refractivity contribution >= 4 is 27.3 Å². The summed E-state index contributed by atoms with van der Waals surface area (Å²) in [6.45, 7) is 3.59. The molecule has 0 saturated heterocycles. The van der Waals surface area contributed by atoms with Crippen LogP contribution < -0.4 is 5.56 Å². The molecule has 2 heterocycles. The van der Waals surface area contributed by atoms with Crippen molar-refractivity contribution in [3.8, 4) is 0 Å². The lowest BCUT2D eigenvalue weighted by atomic mass is 10.1. The van der Waals surface area contributed by atoms with Gasteiger partial charge in [0.2, 0.25) is 0 Å². The molecule has 4 rings (SSSR count). The molecule has 0 bridgehead atoms. The van der Waals surface area contributed by atoms with E-state index in [0.29, 0.717) is 28.8 Å². The SMILES string of the molecule is CCCc1nc2sc3c(c2c(=O)n1CC(=O)c1ccc(F)c(C)c1)CCC3. The summed E-state index contributed by atoms with van der Waals surface area (Å²) in [5.41, 5.74) is 1.84. The average Bonchev–Trinajstić information content (AvgIpc) is 3.21. The number of aromatic nitrogens is 2. The molecule has 0 spiro atoms. The Bertz CT molecular complexity index is 1110. The first-order chi connectivity index (χ1) is 13.0. The zero-order valence-electron chi connectivity index (χ0n) is 15.5. The molecule has 0 N–H and O–H groups in total. The third-order valence-electron chi connectivity index (χ3n) is 5.16. The van der Waals surface area contributed by atoms with Crippen molar-refractivity contribution in [3.05, 3.63) is 61.8 Å². The Morgan fingerprint density at radius 2 is 2.15 bits per heavy atom. The van der Waals surface area contributed by atoms with Crippen LogP contribution in [-0.2, 0) is 25.8 Å². The molecule has 0 atom stereocenters. The molecule has 0 saturated carbocycles. The van der Waals surface area contributed by atoms with Gasteiger partial charge in [0.25, 0.3) is 5.56 Å². The maximum absolute atomic E-state index is 13.5. The number of halogens is 1. The Hall–Kier alpha value is -2.34. The lowest BCUT2D eigenvalue weighted by Gasteiger charge is -2.12. The Morgan fingerprint density at radius 1 is 1.33 bits per heavy atom. The number of carbonyl (C=O) groups is 1. The molecule has 2 aromatic heterocycles. The molecule has 1 aliphatic rings. The van der Waals surface area contributed by atoms with E-state index in [0.717, 1.165) is 36.1 Å². The summed E-state index contributed by atoms with van der Waals surface area (Å²) >= 11 is 1.62. The summed E-state index contributed by atoms with van der Waals surface area (Å²) in [6.07, 6.45) is 4.47. The molecule has 0 aliphatic heterocycles. The predicted octanol–water partition coefficient (Wildman–Crippen LogP) is 4.23. The molecule has 6 heteroatoms. The average molecular weight is 384 g/mol. The number of carbonyl (C=O) groups excluding carboxylic acids is 1. The molecule has 27 heavy (non-hydrogen) atoms. The van der Waals surface area contributed by atoms with Crippen molar-refractivity contribution in [1.82, 2.24) is 9.55 Å². The van der Waals surface area contributed by atoms with Crippen molar-refractivity contribution in [2.45, 2.75) is 52.5 Å². The summed E-state index contributed by atoms with van der Waals surface area (Å²) in [6, 6.07) is 4.31. The number of thiophene rings is 1. The van der Waals surface area contributed by atoms with E-state index in [1.807, 2.05) is 6.92 Å². The van der Waals surface area contributed by atoms with Crippen molar-refractivity contribution in [3.63, 3.8) is 0 Å². The number of nitrogens with zero attached hydrogens (tertiary/aromatic N) is 2. The zero-order chi connectivity index (χ0) is 19.1. The van der Waals surface area contributed by atoms with Gasteiger partial charge in [-0.1, -0.05) is 6.92 Å². The molecule has 0 amide bonds. The first kappa shape index (κ1) is 18.0.